The van der Waals surface area contributed by atoms with Crippen molar-refractivity contribution in [1.29, 1.82) is 0 Å². The van der Waals surface area contributed by atoms with E-state index in [0.29, 0.717) is 11.3 Å². The van der Waals surface area contributed by atoms with Crippen molar-refractivity contribution in [2.75, 3.05) is 45.2 Å². The van der Waals surface area contributed by atoms with Crippen molar-refractivity contribution in [2.45, 2.75) is 50.7 Å². The van der Waals surface area contributed by atoms with Crippen LogP contribution in [0.5, 0.6) is 5.75 Å². The Labute approximate surface area is 293 Å². The van der Waals surface area contributed by atoms with Crippen molar-refractivity contribution >= 4 is 40.9 Å². The number of ether oxygens (including phenoxy) is 2. The minimum atomic E-state index is -2.80. The maximum atomic E-state index is 14.2. The van der Waals surface area contributed by atoms with Crippen molar-refractivity contribution in [1.82, 2.24) is 4.90 Å². The summed E-state index contributed by atoms with van der Waals surface area (Å²) in [5.41, 5.74) is 2.69. The number of carbonyl (C=O) groups excluding carboxylic acids is 5. The zero-order valence-corrected chi connectivity index (χ0v) is 29.4. The number of primary amides is 1. The Kier molecular flexibility index (Phi) is 9.43. The summed E-state index contributed by atoms with van der Waals surface area (Å²) in [6, 6.07) is 7.08. The number of aliphatic hydroxyl groups is 3. The van der Waals surface area contributed by atoms with E-state index in [2.05, 4.69) is 5.32 Å². The topological polar surface area (TPSA) is 229 Å². The molecule has 3 aliphatic rings. The number of benzene rings is 2. The lowest BCUT2D eigenvalue weighted by molar-refractivity contribution is -0.148. The first kappa shape index (κ1) is 36.9. The lowest BCUT2D eigenvalue weighted by atomic mass is 9.58. The number of nitrogens with two attached hydrogens (primary N) is 1. The molecule has 1 unspecified atom stereocenters. The number of ketones is 2. The number of rotatable bonds is 7. The summed E-state index contributed by atoms with van der Waals surface area (Å²) in [6.07, 6.45) is -1.16. The number of aliphatic hydroxyl groups excluding tert-OH is 2. The number of aromatic hydroxyl groups is 1. The van der Waals surface area contributed by atoms with E-state index in [4.69, 9.17) is 15.2 Å². The van der Waals surface area contributed by atoms with E-state index in [0.717, 1.165) is 5.56 Å². The molecule has 2 amide bonds. The molecule has 0 bridgehead atoms. The summed E-state index contributed by atoms with van der Waals surface area (Å²) in [7, 11) is 6.44. The van der Waals surface area contributed by atoms with E-state index in [-0.39, 0.29) is 40.6 Å². The second-order valence-electron chi connectivity index (χ2n) is 14.4. The Hall–Kier alpha value is -5.41. The molecule has 0 spiro atoms. The summed E-state index contributed by atoms with van der Waals surface area (Å²) in [4.78, 5) is 68.3. The predicted octanol–water partition coefficient (Wildman–Crippen LogP) is 2.85. The molecule has 4 atom stereocenters. The number of allylic oxidation sites excluding steroid dienone is 1. The van der Waals surface area contributed by atoms with Gasteiger partial charge in [-0.25, -0.2) is 9.59 Å². The third-order valence-corrected chi connectivity index (χ3v) is 9.78. The Bertz CT molecular complexity index is 1910. The Morgan fingerprint density at radius 3 is 2.20 bits per heavy atom. The molecule has 3 aliphatic carbocycles. The molecule has 2 aromatic carbocycles. The summed E-state index contributed by atoms with van der Waals surface area (Å²) < 4.78 is 10.1. The fourth-order valence-corrected chi connectivity index (χ4v) is 7.27. The molecule has 0 radical (unpaired) electrons. The fraction of sp³-hybridized carbons (Fsp3) is 0.417. The highest BCUT2D eigenvalue weighted by atomic mass is 16.7. The number of phenolic OH excluding ortho intramolecular Hbond substituents is 1. The number of esters is 1. The highest BCUT2D eigenvalue weighted by molar-refractivity contribution is 6.25. The molecular formula is C36H42N4O11. The van der Waals surface area contributed by atoms with Gasteiger partial charge in [-0.15, -0.1) is 0 Å². The first-order chi connectivity index (χ1) is 23.7. The number of carbonyl (C=O) groups is 5. The second kappa shape index (κ2) is 13.0. The lowest BCUT2D eigenvalue weighted by Gasteiger charge is -2.50. The minimum Gasteiger partial charge on any atom is -0.510 e. The van der Waals surface area contributed by atoms with Crippen LogP contribution in [0.25, 0.3) is 0 Å². The van der Waals surface area contributed by atoms with Crippen LogP contribution in [-0.4, -0.2) is 101 Å². The van der Waals surface area contributed by atoms with E-state index in [9.17, 15) is 44.4 Å². The average Bonchev–Trinajstić information content (AvgIpc) is 3.03. The van der Waals surface area contributed by atoms with Gasteiger partial charge in [0.15, 0.2) is 17.1 Å². The summed E-state index contributed by atoms with van der Waals surface area (Å²) in [6.45, 7) is 5.33. The number of likely N-dealkylation sites (N-methyl/N-ethyl adjacent to an activating group) is 1. The zero-order valence-electron chi connectivity index (χ0n) is 29.4. The minimum absolute atomic E-state index is 0.0486. The number of phenols is 1. The van der Waals surface area contributed by atoms with Gasteiger partial charge < -0.3 is 40.5 Å². The molecule has 0 saturated heterocycles. The van der Waals surface area contributed by atoms with Crippen molar-refractivity contribution < 1.29 is 53.9 Å². The highest BCUT2D eigenvalue weighted by Crippen LogP contribution is 2.54. The number of nitrogens with zero attached hydrogens (tertiary/aromatic N) is 2. The number of fused-ring (bicyclic) bond motifs is 3. The van der Waals surface area contributed by atoms with Gasteiger partial charge in [-0.05, 0) is 67.6 Å². The fourth-order valence-electron chi connectivity index (χ4n) is 7.27. The smallest absolute Gasteiger partial charge is 0.414 e. The standard InChI is InChI=1S/C36H42N4O11/c1-35(2,3)18-10-8-16(9-11-18)33(47)50-15-51-34(48)38-21-14-22(39(4)5)19-12-17-13-20-26(40(6)7)29(43)25(32(37)46)31(45)36(20,49)30(44)23(17)28(42)24(19)27(21)41/h8-11,14,17,20,26,41,43-44,49H,12-13,15H2,1-7H3,(H2,37,46)(H,38,48)/t17-,20-,26-,36?/m0/s1. The largest absolute Gasteiger partial charge is 0.510 e. The first-order valence-electron chi connectivity index (χ1n) is 16.1. The van der Waals surface area contributed by atoms with Crippen molar-refractivity contribution in [3.05, 3.63) is 75.3 Å². The van der Waals surface area contributed by atoms with Crippen LogP contribution in [0.1, 0.15) is 59.0 Å². The molecule has 272 valence electrons. The van der Waals surface area contributed by atoms with Gasteiger partial charge in [0.05, 0.1) is 22.9 Å². The molecule has 51 heavy (non-hydrogen) atoms. The number of hydrogen-bond acceptors (Lipinski definition) is 13. The lowest BCUT2D eigenvalue weighted by Crippen LogP contribution is -2.63. The molecule has 7 N–H and O–H groups in total. The van der Waals surface area contributed by atoms with E-state index >= 15 is 0 Å². The van der Waals surface area contributed by atoms with Crippen molar-refractivity contribution in [3.8, 4) is 5.75 Å². The van der Waals surface area contributed by atoms with Crippen LogP contribution in [0.15, 0.2) is 53.0 Å². The number of anilines is 2. The highest BCUT2D eigenvalue weighted by Gasteiger charge is 2.63. The molecule has 0 fully saturated rings. The molecular weight excluding hydrogens is 664 g/mol. The average molecular weight is 707 g/mol. The van der Waals surface area contributed by atoms with E-state index < -0.39 is 82.6 Å². The molecule has 0 saturated carbocycles. The molecule has 0 aliphatic heterocycles. The van der Waals surface area contributed by atoms with Gasteiger partial charge in [0.1, 0.15) is 17.1 Å². The van der Waals surface area contributed by atoms with Gasteiger partial charge in [-0.1, -0.05) is 32.9 Å². The van der Waals surface area contributed by atoms with Crippen LogP contribution in [0.2, 0.25) is 0 Å². The van der Waals surface area contributed by atoms with E-state index in [1.54, 1.807) is 57.4 Å². The molecule has 15 nitrogen and oxygen atoms in total. The van der Waals surface area contributed by atoms with E-state index in [1.165, 1.54) is 11.0 Å². The number of amides is 2. The Morgan fingerprint density at radius 2 is 1.65 bits per heavy atom. The van der Waals surface area contributed by atoms with Crippen molar-refractivity contribution in [2.24, 2.45) is 17.6 Å². The quantitative estimate of drug-likeness (QED) is 0.105. The SMILES string of the molecule is CN(C)c1cc(NC(=O)OCOC(=O)c2ccc(C(C)(C)C)cc2)c(O)c2c1C[C@H]1C[C@H]3[C@H](N(C)C)C(O)=C(C(N)=O)C(=O)C3(O)C(O)=C1C2=O. The Morgan fingerprint density at radius 1 is 1.02 bits per heavy atom. The first-order valence-corrected chi connectivity index (χ1v) is 16.1. The predicted molar refractivity (Wildman–Crippen MR) is 184 cm³/mol. The molecule has 0 heterocycles. The molecule has 2 aromatic rings. The molecule has 15 heteroatoms. The van der Waals surface area contributed by atoms with Crippen LogP contribution >= 0.6 is 0 Å². The summed E-state index contributed by atoms with van der Waals surface area (Å²) >= 11 is 0. The maximum absolute atomic E-state index is 14.2. The van der Waals surface area contributed by atoms with Crippen LogP contribution in [-0.2, 0) is 30.9 Å². The Balaban J connectivity index is 1.43. The van der Waals surface area contributed by atoms with Gasteiger partial charge in [0.2, 0.25) is 12.6 Å². The van der Waals surface area contributed by atoms with Crippen LogP contribution < -0.4 is 16.0 Å². The van der Waals surface area contributed by atoms with Gasteiger partial charge in [-0.3, -0.25) is 24.6 Å². The van der Waals surface area contributed by atoms with Crippen molar-refractivity contribution in [3.63, 3.8) is 0 Å². The van der Waals surface area contributed by atoms with Gasteiger partial charge in [0, 0.05) is 31.3 Å². The third kappa shape index (κ3) is 6.16. The summed E-state index contributed by atoms with van der Waals surface area (Å²) in [5, 5.41) is 48.0. The van der Waals surface area contributed by atoms with Gasteiger partial charge >= 0.3 is 12.1 Å². The van der Waals surface area contributed by atoms with Crippen LogP contribution in [0, 0.1) is 11.8 Å². The molecule has 5 rings (SSSR count). The van der Waals surface area contributed by atoms with Gasteiger partial charge in [0.25, 0.3) is 5.91 Å². The van der Waals surface area contributed by atoms with Crippen LogP contribution in [0.4, 0.5) is 16.2 Å². The normalized spacial score (nSPS) is 23.0. The molecule has 0 aromatic heterocycles. The maximum Gasteiger partial charge on any atom is 0.414 e. The second-order valence-corrected chi connectivity index (χ2v) is 14.4. The summed E-state index contributed by atoms with van der Waals surface area (Å²) in [5.74, 6) is -8.65. The zero-order chi connectivity index (χ0) is 37.9. The van der Waals surface area contributed by atoms with Crippen LogP contribution in [0.3, 0.4) is 0 Å². The number of hydrogen-bond donors (Lipinski definition) is 6. The van der Waals surface area contributed by atoms with Gasteiger partial charge in [-0.2, -0.15) is 0 Å². The van der Waals surface area contributed by atoms with E-state index in [1.807, 2.05) is 20.8 Å². The number of nitrogens with one attached hydrogen (secondary N) is 1. The third-order valence-electron chi connectivity index (χ3n) is 9.78. The monoisotopic (exact) mass is 706 g/mol. The number of Topliss-reactive ketones (excluding diaryl/α,β-unsaturated/α-hetero) is 2.